The van der Waals surface area contributed by atoms with E-state index in [1.807, 2.05) is 47.0 Å². The lowest BCUT2D eigenvalue weighted by Gasteiger charge is -2.33. The van der Waals surface area contributed by atoms with E-state index in [1.165, 1.54) is 151 Å². The summed E-state index contributed by atoms with van der Waals surface area (Å²) in [4.78, 5) is 24.2. The Labute approximate surface area is 397 Å². The van der Waals surface area contributed by atoms with Crippen molar-refractivity contribution in [3.8, 4) is 22.4 Å². The third kappa shape index (κ3) is 22.2. The first-order valence-corrected chi connectivity index (χ1v) is 25.9. The van der Waals surface area contributed by atoms with Gasteiger partial charge in [-0.1, -0.05) is 110 Å². The van der Waals surface area contributed by atoms with Crippen LogP contribution in [0, 0.1) is 13.8 Å². The molecule has 64 heavy (non-hydrogen) atoms. The zero-order valence-corrected chi connectivity index (χ0v) is 45.0. The summed E-state index contributed by atoms with van der Waals surface area (Å²) in [6.45, 7) is 28.4. The van der Waals surface area contributed by atoms with E-state index in [0.717, 1.165) is 37.6 Å². The van der Waals surface area contributed by atoms with Gasteiger partial charge in [0, 0.05) is 17.2 Å². The van der Waals surface area contributed by atoms with Crippen LogP contribution in [0.15, 0.2) is 48.8 Å². The lowest BCUT2D eigenvalue weighted by Crippen LogP contribution is -2.31. The molecule has 0 fully saturated rings. The summed E-state index contributed by atoms with van der Waals surface area (Å²) in [5, 5.41) is 0. The molecule has 0 aliphatic heterocycles. The molecule has 1 aliphatic carbocycles. The molecule has 0 radical (unpaired) electrons. The van der Waals surface area contributed by atoms with E-state index in [1.54, 1.807) is 5.56 Å². The fourth-order valence-corrected chi connectivity index (χ4v) is 8.96. The molecule has 366 valence electrons. The lowest BCUT2D eigenvalue weighted by atomic mass is 9.70. The molecule has 0 N–H and O–H groups in total. The van der Waals surface area contributed by atoms with Crippen molar-refractivity contribution in [3.63, 3.8) is 0 Å². The van der Waals surface area contributed by atoms with Crippen LogP contribution in [0.3, 0.4) is 0 Å². The maximum absolute atomic E-state index is 4.83. The Morgan fingerprint density at radius 3 is 1.22 bits per heavy atom. The third-order valence-electron chi connectivity index (χ3n) is 12.1. The van der Waals surface area contributed by atoms with Gasteiger partial charge in [-0.15, -0.1) is 0 Å². The standard InChI is InChI=1S/C49H82N8.C3H8.2C2H6/c1-41-21-23-44-45-24-22-43(48-40-50-42(2)39-51-48)38-47(45)49(46(44)37-41,25-13-11-15-31-56(33-17-27-52(3)4)34-18-28-53(5)6)26-14-12-16-32-57(35-19-29-54(7)8)36-20-30-55(9)10;1-3-2;2*1-2/h21-24,37-40H,11-20,25-36H2,1-10H3;3H2,1-2H3;2*1-2H3. The Morgan fingerprint density at radius 1 is 0.438 bits per heavy atom. The third-order valence-corrected chi connectivity index (χ3v) is 12.1. The van der Waals surface area contributed by atoms with Crippen molar-refractivity contribution < 1.29 is 0 Å². The molecule has 1 aromatic heterocycles. The molecule has 1 aliphatic rings. The number of unbranched alkanes of at least 4 members (excludes halogenated alkanes) is 4. The van der Waals surface area contributed by atoms with Gasteiger partial charge in [-0.05, 0) is 215 Å². The van der Waals surface area contributed by atoms with Crippen molar-refractivity contribution in [2.24, 2.45) is 0 Å². The van der Waals surface area contributed by atoms with Gasteiger partial charge >= 0.3 is 0 Å². The van der Waals surface area contributed by atoms with Crippen molar-refractivity contribution in [1.29, 1.82) is 0 Å². The maximum atomic E-state index is 4.83. The molecule has 2 aromatic carbocycles. The monoisotopic (exact) mass is 887 g/mol. The minimum atomic E-state index is 0.0129. The van der Waals surface area contributed by atoms with E-state index in [2.05, 4.69) is 148 Å². The molecule has 0 unspecified atom stereocenters. The van der Waals surface area contributed by atoms with Crippen LogP contribution < -0.4 is 0 Å². The van der Waals surface area contributed by atoms with Crippen LogP contribution in [0.4, 0.5) is 0 Å². The van der Waals surface area contributed by atoms with Gasteiger partial charge in [0.05, 0.1) is 17.6 Å². The number of nitrogens with zero attached hydrogens (tertiary/aromatic N) is 8. The fraction of sp³-hybridized carbons (Fsp3) is 0.714. The topological polar surface area (TPSA) is 45.2 Å². The normalized spacial score (nSPS) is 12.6. The van der Waals surface area contributed by atoms with Crippen molar-refractivity contribution >= 4 is 0 Å². The SMILES string of the molecule is CC.CC.CCC.Cc1ccc2c(c1)C(CCCCCN(CCCN(C)C)CCCN(C)C)(CCCCCN(CCCN(C)C)CCCN(C)C)c1cc(-c3cnc(C)cn3)ccc1-2. The van der Waals surface area contributed by atoms with E-state index in [4.69, 9.17) is 4.98 Å². The molecule has 0 atom stereocenters. The molecule has 0 saturated heterocycles. The molecule has 8 nitrogen and oxygen atoms in total. The average molecular weight is 887 g/mol. The van der Waals surface area contributed by atoms with Gasteiger partial charge in [-0.25, -0.2) is 0 Å². The quantitative estimate of drug-likeness (QED) is 0.0639. The van der Waals surface area contributed by atoms with Crippen LogP contribution >= 0.6 is 0 Å². The van der Waals surface area contributed by atoms with Gasteiger partial charge in [0.1, 0.15) is 0 Å². The maximum Gasteiger partial charge on any atom is 0.0885 e. The zero-order valence-electron chi connectivity index (χ0n) is 45.0. The minimum absolute atomic E-state index is 0.0129. The van der Waals surface area contributed by atoms with Gasteiger partial charge in [0.2, 0.25) is 0 Å². The van der Waals surface area contributed by atoms with Crippen LogP contribution in [0.1, 0.15) is 147 Å². The molecule has 4 rings (SSSR count). The highest BCUT2D eigenvalue weighted by atomic mass is 15.1. The van der Waals surface area contributed by atoms with Gasteiger partial charge in [-0.2, -0.15) is 0 Å². The highest BCUT2D eigenvalue weighted by Gasteiger charge is 2.42. The summed E-state index contributed by atoms with van der Waals surface area (Å²) in [5.41, 5.74) is 10.4. The molecule has 0 bridgehead atoms. The van der Waals surface area contributed by atoms with Gasteiger partial charge < -0.3 is 29.4 Å². The van der Waals surface area contributed by atoms with Crippen molar-refractivity contribution in [1.82, 2.24) is 39.4 Å². The average Bonchev–Trinajstić information content (AvgIpc) is 3.52. The van der Waals surface area contributed by atoms with Crippen LogP contribution in [-0.2, 0) is 5.41 Å². The Morgan fingerprint density at radius 2 is 0.828 bits per heavy atom. The number of hydrogen-bond acceptors (Lipinski definition) is 8. The molecular formula is C56H102N8. The van der Waals surface area contributed by atoms with E-state index in [-0.39, 0.29) is 5.41 Å². The first-order chi connectivity index (χ1) is 30.8. The number of rotatable bonds is 29. The second-order valence-corrected chi connectivity index (χ2v) is 19.1. The Kier molecular flexibility index (Phi) is 32.0. The van der Waals surface area contributed by atoms with E-state index >= 15 is 0 Å². The number of hydrogen-bond donors (Lipinski definition) is 0. The number of aryl methyl sites for hydroxylation is 2. The summed E-state index contributed by atoms with van der Waals surface area (Å²) in [6.07, 6.45) is 20.0. The Hall–Kier alpha value is -2.72. The summed E-state index contributed by atoms with van der Waals surface area (Å²) in [6, 6.07) is 14.4. The van der Waals surface area contributed by atoms with E-state index in [0.29, 0.717) is 0 Å². The van der Waals surface area contributed by atoms with Crippen LogP contribution in [0.5, 0.6) is 0 Å². The van der Waals surface area contributed by atoms with Gasteiger partial charge in [-0.3, -0.25) is 9.97 Å². The molecule has 8 heteroatoms. The fourth-order valence-electron chi connectivity index (χ4n) is 8.96. The predicted octanol–water partition coefficient (Wildman–Crippen LogP) is 12.0. The zero-order chi connectivity index (χ0) is 47.9. The van der Waals surface area contributed by atoms with E-state index in [9.17, 15) is 0 Å². The van der Waals surface area contributed by atoms with Gasteiger partial charge in [0.15, 0.2) is 0 Å². The van der Waals surface area contributed by atoms with Crippen molar-refractivity contribution in [2.45, 2.75) is 144 Å². The summed E-state index contributed by atoms with van der Waals surface area (Å²) in [7, 11) is 17.6. The first-order valence-electron chi connectivity index (χ1n) is 25.9. The largest absolute Gasteiger partial charge is 0.309 e. The van der Waals surface area contributed by atoms with E-state index < -0.39 is 0 Å². The Bertz CT molecular complexity index is 1510. The molecular weight excluding hydrogens is 785 g/mol. The molecule has 0 saturated carbocycles. The molecule has 0 amide bonds. The summed E-state index contributed by atoms with van der Waals surface area (Å²) < 4.78 is 0. The number of fused-ring (bicyclic) bond motifs is 3. The molecule has 3 aromatic rings. The van der Waals surface area contributed by atoms with Crippen molar-refractivity contribution in [3.05, 3.63) is 71.2 Å². The summed E-state index contributed by atoms with van der Waals surface area (Å²) >= 11 is 0. The smallest absolute Gasteiger partial charge is 0.0885 e. The molecule has 1 heterocycles. The number of aromatic nitrogens is 2. The summed E-state index contributed by atoms with van der Waals surface area (Å²) in [5.74, 6) is 0. The predicted molar refractivity (Wildman–Crippen MR) is 284 cm³/mol. The lowest BCUT2D eigenvalue weighted by molar-refractivity contribution is 0.234. The molecule has 0 spiro atoms. The second kappa shape index (κ2) is 34.6. The first kappa shape index (κ1) is 59.3. The number of benzene rings is 2. The Balaban J connectivity index is 0.00000276. The highest BCUT2D eigenvalue weighted by molar-refractivity contribution is 5.83. The highest BCUT2D eigenvalue weighted by Crippen LogP contribution is 2.55. The minimum Gasteiger partial charge on any atom is -0.309 e. The second-order valence-electron chi connectivity index (χ2n) is 19.1. The van der Waals surface area contributed by atoms with Crippen LogP contribution in [0.2, 0.25) is 0 Å². The van der Waals surface area contributed by atoms with Crippen LogP contribution in [0.25, 0.3) is 22.4 Å². The van der Waals surface area contributed by atoms with Crippen molar-refractivity contribution in [2.75, 3.05) is 122 Å². The van der Waals surface area contributed by atoms with Gasteiger partial charge in [0.25, 0.3) is 0 Å². The van der Waals surface area contributed by atoms with Crippen LogP contribution in [-0.4, -0.2) is 161 Å².